The van der Waals surface area contributed by atoms with Crippen LogP contribution in [0.3, 0.4) is 0 Å². The fourth-order valence-electron chi connectivity index (χ4n) is 4.23. The predicted molar refractivity (Wildman–Crippen MR) is 142 cm³/mol. The molecule has 1 atom stereocenters. The Morgan fingerprint density at radius 2 is 1.84 bits per heavy atom. The molecular weight excluding hydrogens is 508 g/mol. The van der Waals surface area contributed by atoms with Crippen LogP contribution in [0.1, 0.15) is 44.9 Å². The zero-order chi connectivity index (χ0) is 27.4. The summed E-state index contributed by atoms with van der Waals surface area (Å²) >= 11 is 1.18. The van der Waals surface area contributed by atoms with Gasteiger partial charge in [-0.25, -0.2) is 9.79 Å². The lowest BCUT2D eigenvalue weighted by Crippen LogP contribution is -2.40. The van der Waals surface area contributed by atoms with E-state index in [4.69, 9.17) is 18.9 Å². The summed E-state index contributed by atoms with van der Waals surface area (Å²) in [6.07, 6.45) is 1.65. The Balaban J connectivity index is 1.96. The summed E-state index contributed by atoms with van der Waals surface area (Å²) in [6, 6.07) is 11.4. The molecule has 2 aromatic carbocycles. The number of para-hydroxylation sites is 1. The van der Waals surface area contributed by atoms with Gasteiger partial charge in [0.15, 0.2) is 16.3 Å². The summed E-state index contributed by atoms with van der Waals surface area (Å²) in [6.45, 7) is 7.20. The number of carbonyl (C=O) groups is 2. The third kappa shape index (κ3) is 5.26. The maximum atomic E-state index is 13.8. The van der Waals surface area contributed by atoms with Crippen molar-refractivity contribution in [2.75, 3.05) is 20.3 Å². The highest BCUT2D eigenvalue weighted by Crippen LogP contribution is 2.36. The molecule has 0 amide bonds. The maximum absolute atomic E-state index is 13.8. The van der Waals surface area contributed by atoms with Gasteiger partial charge in [-0.05, 0) is 50.6 Å². The molecule has 0 radical (unpaired) electrons. The molecule has 3 aromatic rings. The molecule has 1 aromatic heterocycles. The van der Waals surface area contributed by atoms with Crippen LogP contribution in [0.25, 0.3) is 6.08 Å². The number of thiazole rings is 1. The van der Waals surface area contributed by atoms with Gasteiger partial charge in [0.25, 0.3) is 5.56 Å². The number of nitrogens with zero attached hydrogens (tertiary/aromatic N) is 2. The molecule has 0 unspecified atom stereocenters. The van der Waals surface area contributed by atoms with E-state index in [2.05, 4.69) is 4.99 Å². The lowest BCUT2D eigenvalue weighted by molar-refractivity contribution is -0.139. The normalized spacial score (nSPS) is 15.0. The van der Waals surface area contributed by atoms with E-state index in [0.717, 1.165) is 0 Å². The first-order valence-corrected chi connectivity index (χ1v) is 12.9. The standard InChI is InChI=1S/C28H28N2O7S/c1-6-35-22-14-19(12-13-21(22)34-5)25-24(27(33)36-7-2)16(3)29-28-30(25)26(32)23(38-28)15-18-10-8-9-11-20(18)37-17(4)31/h8-15,25H,6-7H2,1-5H3/b23-15-/t25-/m1/s1. The Kier molecular flexibility index (Phi) is 8.11. The lowest BCUT2D eigenvalue weighted by Gasteiger charge is -2.25. The number of hydrogen-bond acceptors (Lipinski definition) is 9. The predicted octanol–water partition coefficient (Wildman–Crippen LogP) is 3.13. The van der Waals surface area contributed by atoms with Gasteiger partial charge in [-0.15, -0.1) is 0 Å². The number of fused-ring (bicyclic) bond motifs is 1. The second-order valence-electron chi connectivity index (χ2n) is 8.28. The van der Waals surface area contributed by atoms with Crippen LogP contribution >= 0.6 is 11.3 Å². The van der Waals surface area contributed by atoms with E-state index in [1.54, 1.807) is 69.5 Å². The van der Waals surface area contributed by atoms with E-state index in [-0.39, 0.29) is 17.7 Å². The number of carbonyl (C=O) groups excluding carboxylic acids is 2. The molecule has 1 aliphatic rings. The van der Waals surface area contributed by atoms with E-state index in [1.807, 2.05) is 6.92 Å². The van der Waals surface area contributed by atoms with Gasteiger partial charge in [-0.1, -0.05) is 35.6 Å². The van der Waals surface area contributed by atoms with Crippen molar-refractivity contribution < 1.29 is 28.5 Å². The van der Waals surface area contributed by atoms with E-state index in [0.29, 0.717) is 50.0 Å². The first kappa shape index (κ1) is 26.9. The summed E-state index contributed by atoms with van der Waals surface area (Å²) in [7, 11) is 1.54. The first-order chi connectivity index (χ1) is 18.3. The van der Waals surface area contributed by atoms with Gasteiger partial charge in [-0.2, -0.15) is 0 Å². The molecule has 38 heavy (non-hydrogen) atoms. The largest absolute Gasteiger partial charge is 0.493 e. The second kappa shape index (κ2) is 11.5. The molecule has 9 nitrogen and oxygen atoms in total. The van der Waals surface area contributed by atoms with Crippen LogP contribution in [0.15, 0.2) is 63.5 Å². The Labute approximate surface area is 223 Å². The average Bonchev–Trinajstić information content (AvgIpc) is 3.18. The lowest BCUT2D eigenvalue weighted by atomic mass is 9.95. The minimum atomic E-state index is -0.804. The smallest absolute Gasteiger partial charge is 0.338 e. The number of esters is 2. The van der Waals surface area contributed by atoms with E-state index >= 15 is 0 Å². The van der Waals surface area contributed by atoms with Crippen molar-refractivity contribution in [3.8, 4) is 17.2 Å². The Morgan fingerprint density at radius 1 is 1.08 bits per heavy atom. The van der Waals surface area contributed by atoms with Gasteiger partial charge in [0, 0.05) is 12.5 Å². The van der Waals surface area contributed by atoms with Crippen LogP contribution in [0.5, 0.6) is 17.2 Å². The van der Waals surface area contributed by atoms with Crippen LogP contribution in [0.2, 0.25) is 0 Å². The molecule has 0 N–H and O–H groups in total. The number of aromatic nitrogens is 1. The van der Waals surface area contributed by atoms with Crippen LogP contribution in [0, 0.1) is 0 Å². The fraction of sp³-hybridized carbons (Fsp3) is 0.286. The van der Waals surface area contributed by atoms with Gasteiger partial charge in [-0.3, -0.25) is 14.2 Å². The Bertz CT molecular complexity index is 1600. The SMILES string of the molecule is CCOC(=O)C1=C(C)N=c2s/c(=C\c3ccccc3OC(C)=O)c(=O)n2[C@@H]1c1ccc(OC)c(OCC)c1. The van der Waals surface area contributed by atoms with Crippen molar-refractivity contribution in [1.29, 1.82) is 0 Å². The van der Waals surface area contributed by atoms with Crippen molar-refractivity contribution in [3.05, 3.63) is 84.5 Å². The molecule has 10 heteroatoms. The van der Waals surface area contributed by atoms with Crippen LogP contribution < -0.4 is 29.1 Å². The summed E-state index contributed by atoms with van der Waals surface area (Å²) in [5.74, 6) is 0.335. The average molecular weight is 537 g/mol. The molecular formula is C28H28N2O7S. The third-order valence-corrected chi connectivity index (χ3v) is 6.76. The zero-order valence-electron chi connectivity index (χ0n) is 21.8. The quantitative estimate of drug-likeness (QED) is 0.322. The number of hydrogen-bond donors (Lipinski definition) is 0. The highest BCUT2D eigenvalue weighted by molar-refractivity contribution is 7.07. The molecule has 0 bridgehead atoms. The third-order valence-electron chi connectivity index (χ3n) is 5.78. The van der Waals surface area contributed by atoms with E-state index in [9.17, 15) is 14.4 Å². The number of ether oxygens (including phenoxy) is 4. The van der Waals surface area contributed by atoms with E-state index in [1.165, 1.54) is 22.8 Å². The van der Waals surface area contributed by atoms with Crippen LogP contribution in [-0.2, 0) is 14.3 Å². The van der Waals surface area contributed by atoms with Crippen molar-refractivity contribution >= 4 is 29.4 Å². The fourth-order valence-corrected chi connectivity index (χ4v) is 5.26. The van der Waals surface area contributed by atoms with Gasteiger partial charge in [0.1, 0.15) is 5.75 Å². The molecule has 0 saturated heterocycles. The molecule has 198 valence electrons. The summed E-state index contributed by atoms with van der Waals surface area (Å²) < 4.78 is 23.7. The Hall–Kier alpha value is -4.18. The number of methoxy groups -OCH3 is 1. The monoisotopic (exact) mass is 536 g/mol. The molecule has 4 rings (SSSR count). The second-order valence-corrected chi connectivity index (χ2v) is 9.29. The molecule has 0 spiro atoms. The van der Waals surface area contributed by atoms with E-state index < -0.39 is 18.0 Å². The molecule has 0 fully saturated rings. The van der Waals surface area contributed by atoms with Crippen molar-refractivity contribution in [2.45, 2.75) is 33.7 Å². The zero-order valence-corrected chi connectivity index (χ0v) is 22.6. The molecule has 1 aliphatic heterocycles. The molecule has 0 aliphatic carbocycles. The van der Waals surface area contributed by atoms with Crippen LogP contribution in [0.4, 0.5) is 0 Å². The summed E-state index contributed by atoms with van der Waals surface area (Å²) in [4.78, 5) is 43.6. The number of rotatable bonds is 8. The van der Waals surface area contributed by atoms with Gasteiger partial charge in [0.2, 0.25) is 0 Å². The topological polar surface area (TPSA) is 105 Å². The van der Waals surface area contributed by atoms with Gasteiger partial charge in [0.05, 0.1) is 42.2 Å². The number of benzene rings is 2. The minimum Gasteiger partial charge on any atom is -0.493 e. The highest BCUT2D eigenvalue weighted by atomic mass is 32.1. The Morgan fingerprint density at radius 3 is 2.53 bits per heavy atom. The van der Waals surface area contributed by atoms with Crippen molar-refractivity contribution in [1.82, 2.24) is 4.57 Å². The maximum Gasteiger partial charge on any atom is 0.338 e. The number of allylic oxidation sites excluding steroid dienone is 1. The molecule has 0 saturated carbocycles. The van der Waals surface area contributed by atoms with Crippen LogP contribution in [-0.4, -0.2) is 36.8 Å². The van der Waals surface area contributed by atoms with Crippen molar-refractivity contribution in [2.24, 2.45) is 4.99 Å². The first-order valence-electron chi connectivity index (χ1n) is 12.1. The highest BCUT2D eigenvalue weighted by Gasteiger charge is 2.34. The molecule has 2 heterocycles. The summed E-state index contributed by atoms with van der Waals surface area (Å²) in [5, 5.41) is 0. The van der Waals surface area contributed by atoms with Crippen molar-refractivity contribution in [3.63, 3.8) is 0 Å². The summed E-state index contributed by atoms with van der Waals surface area (Å²) in [5.41, 5.74) is 1.57. The van der Waals surface area contributed by atoms with Gasteiger partial charge >= 0.3 is 11.9 Å². The minimum absolute atomic E-state index is 0.173. The van der Waals surface area contributed by atoms with Gasteiger partial charge < -0.3 is 18.9 Å².